The molecule has 23 heavy (non-hydrogen) atoms. The Kier molecular flexibility index (Phi) is 4.20. The Balaban J connectivity index is 1.69. The van der Waals surface area contributed by atoms with E-state index in [1.807, 2.05) is 0 Å². The van der Waals surface area contributed by atoms with Gasteiger partial charge in [-0.25, -0.2) is 14.6 Å². The zero-order chi connectivity index (χ0) is 16.4. The highest BCUT2D eigenvalue weighted by molar-refractivity contribution is 6.30. The van der Waals surface area contributed by atoms with Crippen molar-refractivity contribution in [3.8, 4) is 0 Å². The second-order valence-corrected chi connectivity index (χ2v) is 5.74. The molecule has 0 saturated carbocycles. The minimum absolute atomic E-state index is 0.193. The van der Waals surface area contributed by atoms with Crippen molar-refractivity contribution >= 4 is 23.6 Å². The Morgan fingerprint density at radius 1 is 1.39 bits per heavy atom. The van der Waals surface area contributed by atoms with E-state index in [0.29, 0.717) is 17.3 Å². The quantitative estimate of drug-likeness (QED) is 0.797. The third-order valence-electron chi connectivity index (χ3n) is 3.80. The number of carboxylic acids is 1. The highest BCUT2D eigenvalue weighted by atomic mass is 35.5. The predicted octanol–water partition coefficient (Wildman–Crippen LogP) is 1.78. The van der Waals surface area contributed by atoms with Gasteiger partial charge in [0.25, 0.3) is 0 Å². The summed E-state index contributed by atoms with van der Waals surface area (Å²) in [7, 11) is 0. The van der Waals surface area contributed by atoms with Crippen molar-refractivity contribution < 1.29 is 14.7 Å². The fourth-order valence-corrected chi connectivity index (χ4v) is 2.68. The topological polar surface area (TPSA) is 98.3 Å². The highest BCUT2D eigenvalue weighted by Crippen LogP contribution is 2.21. The van der Waals surface area contributed by atoms with Gasteiger partial charge in [0, 0.05) is 18.0 Å². The van der Waals surface area contributed by atoms with E-state index in [9.17, 15) is 14.7 Å². The second kappa shape index (κ2) is 6.29. The van der Waals surface area contributed by atoms with E-state index in [0.717, 1.165) is 11.3 Å². The van der Waals surface area contributed by atoms with Crippen LogP contribution >= 0.6 is 11.6 Å². The molecule has 7 nitrogen and oxygen atoms in total. The van der Waals surface area contributed by atoms with Gasteiger partial charge in [-0.1, -0.05) is 23.7 Å². The number of aromatic amines is 1. The number of carbonyl (C=O) groups excluding carboxylic acids is 1. The number of fused-ring (bicyclic) bond motifs is 1. The smallest absolute Gasteiger partial charge is 0.326 e. The standard InChI is InChI=1S/C15H15ClN4O3/c16-10-3-1-9(2-4-10)6-17-15(23)20-7-12-11(18-8-19-12)5-13(20)14(21)22/h1-4,8,13H,5-7H2,(H,17,23)(H,18,19)(H,21,22). The average Bonchev–Trinajstić information content (AvgIpc) is 3.00. The normalized spacial score (nSPS) is 16.7. The molecule has 1 unspecified atom stereocenters. The number of rotatable bonds is 3. The third-order valence-corrected chi connectivity index (χ3v) is 4.05. The van der Waals surface area contributed by atoms with Gasteiger partial charge in [-0.05, 0) is 17.7 Å². The van der Waals surface area contributed by atoms with Crippen molar-refractivity contribution in [3.05, 3.63) is 52.6 Å². The maximum absolute atomic E-state index is 12.4. The summed E-state index contributed by atoms with van der Waals surface area (Å²) in [6.45, 7) is 0.493. The van der Waals surface area contributed by atoms with Gasteiger partial charge in [0.2, 0.25) is 0 Å². The van der Waals surface area contributed by atoms with E-state index < -0.39 is 18.0 Å². The van der Waals surface area contributed by atoms with Crippen molar-refractivity contribution in [1.82, 2.24) is 20.2 Å². The van der Waals surface area contributed by atoms with Gasteiger partial charge >= 0.3 is 12.0 Å². The molecule has 2 aromatic rings. The van der Waals surface area contributed by atoms with Crippen molar-refractivity contribution in [2.24, 2.45) is 0 Å². The Morgan fingerprint density at radius 2 is 2.13 bits per heavy atom. The molecule has 1 aromatic heterocycles. The first-order chi connectivity index (χ1) is 11.0. The van der Waals surface area contributed by atoms with E-state index >= 15 is 0 Å². The molecule has 120 valence electrons. The molecule has 8 heteroatoms. The molecule has 0 spiro atoms. The fourth-order valence-electron chi connectivity index (χ4n) is 2.55. The lowest BCUT2D eigenvalue weighted by Gasteiger charge is -2.32. The number of imidazole rings is 1. The summed E-state index contributed by atoms with van der Waals surface area (Å²) < 4.78 is 0. The van der Waals surface area contributed by atoms with Crippen LogP contribution in [0.2, 0.25) is 5.02 Å². The Bertz CT molecular complexity index is 729. The SMILES string of the molecule is O=C(O)C1Cc2nc[nH]c2CN1C(=O)NCc1ccc(Cl)cc1. The van der Waals surface area contributed by atoms with Crippen molar-refractivity contribution in [2.75, 3.05) is 0 Å². The summed E-state index contributed by atoms with van der Waals surface area (Å²) in [5.74, 6) is -1.04. The fraction of sp³-hybridized carbons (Fsp3) is 0.267. The molecule has 2 amide bonds. The number of halogens is 1. The maximum atomic E-state index is 12.4. The number of nitrogens with one attached hydrogen (secondary N) is 2. The summed E-state index contributed by atoms with van der Waals surface area (Å²) in [5, 5.41) is 12.7. The number of hydrogen-bond donors (Lipinski definition) is 3. The highest BCUT2D eigenvalue weighted by Gasteiger charge is 2.35. The largest absolute Gasteiger partial charge is 0.480 e. The number of carbonyl (C=O) groups is 2. The van der Waals surface area contributed by atoms with Crippen LogP contribution in [0.15, 0.2) is 30.6 Å². The average molecular weight is 335 g/mol. The van der Waals surface area contributed by atoms with Crippen LogP contribution in [0.25, 0.3) is 0 Å². The first kappa shape index (κ1) is 15.4. The summed E-state index contributed by atoms with van der Waals surface area (Å²) in [4.78, 5) is 32.2. The molecule has 0 saturated heterocycles. The first-order valence-corrected chi connectivity index (χ1v) is 7.45. The molecule has 0 aliphatic carbocycles. The minimum atomic E-state index is -1.04. The number of amides is 2. The number of carboxylic acid groups (broad SMARTS) is 1. The van der Waals surface area contributed by atoms with Crippen LogP contribution in [0.4, 0.5) is 4.79 Å². The van der Waals surface area contributed by atoms with Gasteiger partial charge in [-0.15, -0.1) is 0 Å². The van der Waals surface area contributed by atoms with Crippen molar-refractivity contribution in [3.63, 3.8) is 0 Å². The van der Waals surface area contributed by atoms with E-state index in [2.05, 4.69) is 15.3 Å². The lowest BCUT2D eigenvalue weighted by atomic mass is 10.0. The Labute approximate surface area is 137 Å². The molecule has 1 aromatic carbocycles. The van der Waals surface area contributed by atoms with Crippen LogP contribution in [0.5, 0.6) is 0 Å². The van der Waals surface area contributed by atoms with E-state index in [4.69, 9.17) is 11.6 Å². The Morgan fingerprint density at radius 3 is 2.83 bits per heavy atom. The molecule has 0 radical (unpaired) electrons. The summed E-state index contributed by atoms with van der Waals surface area (Å²) >= 11 is 5.82. The van der Waals surface area contributed by atoms with E-state index in [1.54, 1.807) is 24.3 Å². The molecule has 3 N–H and O–H groups in total. The lowest BCUT2D eigenvalue weighted by Crippen LogP contribution is -2.52. The number of nitrogens with zero attached hydrogens (tertiary/aromatic N) is 2. The van der Waals surface area contributed by atoms with E-state index in [-0.39, 0.29) is 13.0 Å². The predicted molar refractivity (Wildman–Crippen MR) is 82.9 cm³/mol. The maximum Gasteiger partial charge on any atom is 0.326 e. The zero-order valence-electron chi connectivity index (χ0n) is 12.1. The molecule has 2 heterocycles. The number of urea groups is 1. The molecule has 3 rings (SSSR count). The van der Waals surface area contributed by atoms with Gasteiger partial charge in [0.05, 0.1) is 24.3 Å². The van der Waals surface area contributed by atoms with Gasteiger partial charge < -0.3 is 20.3 Å². The second-order valence-electron chi connectivity index (χ2n) is 5.30. The van der Waals surface area contributed by atoms with Crippen LogP contribution in [-0.4, -0.2) is 38.0 Å². The molecule has 1 aliphatic rings. The van der Waals surface area contributed by atoms with Crippen molar-refractivity contribution in [2.45, 2.75) is 25.6 Å². The van der Waals surface area contributed by atoms with Crippen molar-refractivity contribution in [1.29, 1.82) is 0 Å². The minimum Gasteiger partial charge on any atom is -0.480 e. The number of hydrogen-bond acceptors (Lipinski definition) is 3. The van der Waals surface area contributed by atoms with Crippen LogP contribution in [0.1, 0.15) is 17.0 Å². The van der Waals surface area contributed by atoms with Crippen LogP contribution in [-0.2, 0) is 24.3 Å². The van der Waals surface area contributed by atoms with Gasteiger partial charge in [0.15, 0.2) is 0 Å². The van der Waals surface area contributed by atoms with Gasteiger partial charge in [0.1, 0.15) is 6.04 Å². The van der Waals surface area contributed by atoms with Gasteiger partial charge in [-0.3, -0.25) is 0 Å². The van der Waals surface area contributed by atoms with Crippen LogP contribution < -0.4 is 5.32 Å². The molecular formula is C15H15ClN4O3. The number of aromatic nitrogens is 2. The molecular weight excluding hydrogens is 320 g/mol. The number of benzene rings is 1. The molecule has 1 aliphatic heterocycles. The Hall–Kier alpha value is -2.54. The third kappa shape index (κ3) is 3.29. The van der Waals surface area contributed by atoms with E-state index in [1.165, 1.54) is 11.2 Å². The monoisotopic (exact) mass is 334 g/mol. The first-order valence-electron chi connectivity index (χ1n) is 7.07. The lowest BCUT2D eigenvalue weighted by molar-refractivity contribution is -0.142. The number of H-pyrrole nitrogens is 1. The molecule has 0 bridgehead atoms. The summed E-state index contributed by atoms with van der Waals surface area (Å²) in [6.07, 6.45) is 1.71. The summed E-state index contributed by atoms with van der Waals surface area (Å²) in [5.41, 5.74) is 2.34. The van der Waals surface area contributed by atoms with Crippen LogP contribution in [0.3, 0.4) is 0 Å². The summed E-state index contributed by atoms with van der Waals surface area (Å²) in [6, 6.07) is 5.74. The molecule has 0 fully saturated rings. The van der Waals surface area contributed by atoms with Crippen LogP contribution in [0, 0.1) is 0 Å². The number of aliphatic carboxylic acids is 1. The molecule has 1 atom stereocenters. The van der Waals surface area contributed by atoms with Gasteiger partial charge in [-0.2, -0.15) is 0 Å². The zero-order valence-corrected chi connectivity index (χ0v) is 12.9.